The molecule has 1 aromatic rings. The fourth-order valence-corrected chi connectivity index (χ4v) is 2.39. The summed E-state index contributed by atoms with van der Waals surface area (Å²) in [6.45, 7) is 6.63. The fourth-order valence-electron chi connectivity index (χ4n) is 2.39. The first-order valence-electron chi connectivity index (χ1n) is 6.30. The molecule has 1 aliphatic heterocycles. The van der Waals surface area contributed by atoms with Crippen molar-refractivity contribution in [2.75, 3.05) is 31.6 Å². The van der Waals surface area contributed by atoms with Crippen molar-refractivity contribution in [1.82, 2.24) is 4.90 Å². The standard InChI is InChI=1S/C14H20N2O/c1-4-16(5-2)14(17)12-6-7-13-11(10-12)8-9-15(13)3/h6-7,10H,4-5,8-9H2,1-3H3. The van der Waals surface area contributed by atoms with Gasteiger partial charge in [-0.15, -0.1) is 0 Å². The van der Waals surface area contributed by atoms with Crippen LogP contribution in [0.15, 0.2) is 18.2 Å². The maximum absolute atomic E-state index is 12.2. The lowest BCUT2D eigenvalue weighted by molar-refractivity contribution is 0.0773. The molecular formula is C14H20N2O. The SMILES string of the molecule is CCN(CC)C(=O)c1ccc2c(c1)CCN2C. The number of hydrogen-bond acceptors (Lipinski definition) is 2. The lowest BCUT2D eigenvalue weighted by atomic mass is 10.1. The van der Waals surface area contributed by atoms with E-state index in [1.165, 1.54) is 11.3 Å². The Morgan fingerprint density at radius 3 is 2.71 bits per heavy atom. The van der Waals surface area contributed by atoms with Crippen molar-refractivity contribution < 1.29 is 4.79 Å². The van der Waals surface area contributed by atoms with Gasteiger partial charge in [-0.2, -0.15) is 0 Å². The zero-order valence-electron chi connectivity index (χ0n) is 10.9. The van der Waals surface area contributed by atoms with Crippen molar-refractivity contribution >= 4 is 11.6 Å². The van der Waals surface area contributed by atoms with E-state index in [9.17, 15) is 4.79 Å². The van der Waals surface area contributed by atoms with Crippen LogP contribution in [0.4, 0.5) is 5.69 Å². The van der Waals surface area contributed by atoms with Gasteiger partial charge in [0.15, 0.2) is 0 Å². The van der Waals surface area contributed by atoms with Crippen LogP contribution >= 0.6 is 0 Å². The number of hydrogen-bond donors (Lipinski definition) is 0. The van der Waals surface area contributed by atoms with E-state index in [1.807, 2.05) is 24.8 Å². The van der Waals surface area contributed by atoms with Crippen molar-refractivity contribution in [1.29, 1.82) is 0 Å². The molecule has 0 unspecified atom stereocenters. The summed E-state index contributed by atoms with van der Waals surface area (Å²) in [4.78, 5) is 16.3. The number of nitrogens with zero attached hydrogens (tertiary/aromatic N) is 2. The van der Waals surface area contributed by atoms with E-state index >= 15 is 0 Å². The van der Waals surface area contributed by atoms with Crippen LogP contribution in [0, 0.1) is 0 Å². The van der Waals surface area contributed by atoms with E-state index < -0.39 is 0 Å². The molecule has 0 saturated carbocycles. The molecule has 3 nitrogen and oxygen atoms in total. The summed E-state index contributed by atoms with van der Waals surface area (Å²) in [7, 11) is 2.09. The summed E-state index contributed by atoms with van der Waals surface area (Å²) in [5.41, 5.74) is 3.38. The Labute approximate surface area is 103 Å². The first-order valence-corrected chi connectivity index (χ1v) is 6.30. The molecule has 0 aromatic heterocycles. The van der Waals surface area contributed by atoms with Gasteiger partial charge in [0.25, 0.3) is 5.91 Å². The van der Waals surface area contributed by atoms with Gasteiger partial charge in [0.2, 0.25) is 0 Å². The van der Waals surface area contributed by atoms with Crippen LogP contribution in [0.2, 0.25) is 0 Å². The smallest absolute Gasteiger partial charge is 0.253 e. The minimum atomic E-state index is 0.146. The minimum absolute atomic E-state index is 0.146. The maximum atomic E-state index is 12.2. The second kappa shape index (κ2) is 4.78. The molecular weight excluding hydrogens is 212 g/mol. The van der Waals surface area contributed by atoms with Crippen LogP contribution in [0.3, 0.4) is 0 Å². The predicted octanol–water partition coefficient (Wildman–Crippen LogP) is 2.16. The summed E-state index contributed by atoms with van der Waals surface area (Å²) < 4.78 is 0. The molecule has 1 heterocycles. The fraction of sp³-hybridized carbons (Fsp3) is 0.500. The van der Waals surface area contributed by atoms with Gasteiger partial charge < -0.3 is 9.80 Å². The van der Waals surface area contributed by atoms with Gasteiger partial charge in [-0.3, -0.25) is 4.79 Å². The second-order valence-electron chi connectivity index (χ2n) is 4.49. The largest absolute Gasteiger partial charge is 0.374 e. The van der Waals surface area contributed by atoms with Gasteiger partial charge in [-0.1, -0.05) is 0 Å². The topological polar surface area (TPSA) is 23.6 Å². The van der Waals surface area contributed by atoms with Crippen molar-refractivity contribution in [3.05, 3.63) is 29.3 Å². The summed E-state index contributed by atoms with van der Waals surface area (Å²) in [5.74, 6) is 0.146. The Kier molecular flexibility index (Phi) is 3.36. The zero-order chi connectivity index (χ0) is 12.4. The van der Waals surface area contributed by atoms with Crippen molar-refractivity contribution in [2.24, 2.45) is 0 Å². The Bertz CT molecular complexity index is 424. The van der Waals surface area contributed by atoms with Crippen molar-refractivity contribution in [3.63, 3.8) is 0 Å². The van der Waals surface area contributed by atoms with E-state index in [2.05, 4.69) is 24.1 Å². The number of likely N-dealkylation sites (N-methyl/N-ethyl adjacent to an activating group) is 1. The third-order valence-corrected chi connectivity index (χ3v) is 3.50. The summed E-state index contributed by atoms with van der Waals surface area (Å²) in [5, 5.41) is 0. The van der Waals surface area contributed by atoms with Crippen molar-refractivity contribution in [3.8, 4) is 0 Å². The number of benzene rings is 1. The van der Waals surface area contributed by atoms with Gasteiger partial charge in [0.05, 0.1) is 0 Å². The van der Waals surface area contributed by atoms with Crippen LogP contribution in [0.25, 0.3) is 0 Å². The molecule has 92 valence electrons. The molecule has 1 aromatic carbocycles. The minimum Gasteiger partial charge on any atom is -0.374 e. The number of amides is 1. The molecule has 0 spiro atoms. The molecule has 2 rings (SSSR count). The first-order chi connectivity index (χ1) is 8.17. The Morgan fingerprint density at radius 1 is 1.35 bits per heavy atom. The van der Waals surface area contributed by atoms with Crippen LogP contribution in [-0.4, -0.2) is 37.5 Å². The monoisotopic (exact) mass is 232 g/mol. The van der Waals surface area contributed by atoms with Gasteiger partial charge in [0, 0.05) is 37.9 Å². The third-order valence-electron chi connectivity index (χ3n) is 3.50. The normalized spacial score (nSPS) is 13.7. The molecule has 1 aliphatic rings. The number of anilines is 1. The zero-order valence-corrected chi connectivity index (χ0v) is 10.9. The molecule has 0 aliphatic carbocycles. The first kappa shape index (κ1) is 12.0. The molecule has 3 heteroatoms. The molecule has 1 amide bonds. The second-order valence-corrected chi connectivity index (χ2v) is 4.49. The Balaban J connectivity index is 2.26. The highest BCUT2D eigenvalue weighted by molar-refractivity contribution is 5.95. The predicted molar refractivity (Wildman–Crippen MR) is 70.7 cm³/mol. The summed E-state index contributed by atoms with van der Waals surface area (Å²) in [6, 6.07) is 6.07. The van der Waals surface area contributed by atoms with Crippen LogP contribution in [0.5, 0.6) is 0 Å². The Hall–Kier alpha value is -1.51. The highest BCUT2D eigenvalue weighted by atomic mass is 16.2. The van der Waals surface area contributed by atoms with Crippen LogP contribution in [-0.2, 0) is 6.42 Å². The Morgan fingerprint density at radius 2 is 2.06 bits per heavy atom. The number of carbonyl (C=O) groups excluding carboxylic acids is 1. The highest BCUT2D eigenvalue weighted by Crippen LogP contribution is 2.27. The molecule has 0 saturated heterocycles. The van der Waals surface area contributed by atoms with Gasteiger partial charge in [0.1, 0.15) is 0 Å². The van der Waals surface area contributed by atoms with E-state index in [-0.39, 0.29) is 5.91 Å². The lowest BCUT2D eigenvalue weighted by Crippen LogP contribution is -2.30. The molecule has 0 atom stereocenters. The molecule has 0 radical (unpaired) electrons. The number of rotatable bonds is 3. The van der Waals surface area contributed by atoms with Gasteiger partial charge in [-0.25, -0.2) is 0 Å². The average molecular weight is 232 g/mol. The molecule has 0 fully saturated rings. The van der Waals surface area contributed by atoms with Gasteiger partial charge in [-0.05, 0) is 44.0 Å². The molecule has 0 bridgehead atoms. The van der Waals surface area contributed by atoms with Crippen LogP contribution in [0.1, 0.15) is 29.8 Å². The van der Waals surface area contributed by atoms with E-state index in [1.54, 1.807) is 0 Å². The number of carbonyl (C=O) groups is 1. The van der Waals surface area contributed by atoms with Gasteiger partial charge >= 0.3 is 0 Å². The maximum Gasteiger partial charge on any atom is 0.253 e. The van der Waals surface area contributed by atoms with E-state index in [0.717, 1.165) is 31.6 Å². The summed E-state index contributed by atoms with van der Waals surface area (Å²) >= 11 is 0. The third kappa shape index (κ3) is 2.14. The van der Waals surface area contributed by atoms with Crippen molar-refractivity contribution in [2.45, 2.75) is 20.3 Å². The molecule has 0 N–H and O–H groups in total. The van der Waals surface area contributed by atoms with E-state index in [4.69, 9.17) is 0 Å². The average Bonchev–Trinajstić information content (AvgIpc) is 2.72. The van der Waals surface area contributed by atoms with Crippen LogP contribution < -0.4 is 4.90 Å². The molecule has 17 heavy (non-hydrogen) atoms. The number of fused-ring (bicyclic) bond motifs is 1. The quantitative estimate of drug-likeness (QED) is 0.797. The van der Waals surface area contributed by atoms with E-state index in [0.29, 0.717) is 0 Å². The lowest BCUT2D eigenvalue weighted by Gasteiger charge is -2.19. The summed E-state index contributed by atoms with van der Waals surface area (Å²) in [6.07, 6.45) is 1.05. The highest BCUT2D eigenvalue weighted by Gasteiger charge is 2.19.